The van der Waals surface area contributed by atoms with Gasteiger partial charge < -0.3 is 15.1 Å². The van der Waals surface area contributed by atoms with Crippen LogP contribution in [0, 0.1) is 0 Å². The van der Waals surface area contributed by atoms with Crippen LogP contribution in [-0.4, -0.2) is 38.9 Å². The molecule has 0 fully saturated rings. The van der Waals surface area contributed by atoms with Gasteiger partial charge in [0.1, 0.15) is 5.16 Å². The Morgan fingerprint density at radius 1 is 1.36 bits per heavy atom. The molecule has 0 rings (SSSR count). The third-order valence-electron chi connectivity index (χ3n) is 2.20. The third-order valence-corrected chi connectivity index (χ3v) is 4.45. The molecule has 0 bridgehead atoms. The molecule has 6 nitrogen and oxygen atoms in total. The Morgan fingerprint density at radius 2 is 1.79 bits per heavy atom. The van der Waals surface area contributed by atoms with E-state index in [1.165, 1.54) is 0 Å². The molecule has 0 radical (unpaired) electrons. The molecule has 0 amide bonds. The summed E-state index contributed by atoms with van der Waals surface area (Å²) in [5.41, 5.74) is 0. The van der Waals surface area contributed by atoms with Gasteiger partial charge in [0.15, 0.2) is 0 Å². The number of carboxylic acids is 2. The predicted molar refractivity (Wildman–Crippen MR) is 48.7 cm³/mol. The maximum atomic E-state index is 11.3. The first-order valence-electron chi connectivity index (χ1n) is 3.87. The Balaban J connectivity index is 4.85. The van der Waals surface area contributed by atoms with Crippen LogP contribution in [0.25, 0.3) is 0 Å². The highest BCUT2D eigenvalue weighted by atomic mass is 31.2. The van der Waals surface area contributed by atoms with Gasteiger partial charge in [0, 0.05) is 13.1 Å². The zero-order valence-electron chi connectivity index (χ0n) is 7.93. The molecule has 2 atom stereocenters. The van der Waals surface area contributed by atoms with Crippen LogP contribution < -0.4 is 0 Å². The first-order valence-corrected chi connectivity index (χ1v) is 5.97. The van der Waals surface area contributed by atoms with Crippen LogP contribution in [0.2, 0.25) is 0 Å². The molecule has 14 heavy (non-hydrogen) atoms. The molecule has 0 aromatic rings. The molecular formula is C7H13O6P. The lowest BCUT2D eigenvalue weighted by Crippen LogP contribution is -2.35. The smallest absolute Gasteiger partial charge is 0.319 e. The second-order valence-electron chi connectivity index (χ2n) is 3.35. The Kier molecular flexibility index (Phi) is 3.85. The summed E-state index contributed by atoms with van der Waals surface area (Å²) >= 11 is 0. The summed E-state index contributed by atoms with van der Waals surface area (Å²) in [5.74, 6) is -2.64. The van der Waals surface area contributed by atoms with E-state index in [0.717, 1.165) is 13.6 Å². The monoisotopic (exact) mass is 224 g/mol. The number of hydrogen-bond acceptors (Lipinski definition) is 3. The third kappa shape index (κ3) is 2.82. The van der Waals surface area contributed by atoms with Crippen molar-refractivity contribution in [2.75, 3.05) is 6.66 Å². The van der Waals surface area contributed by atoms with Crippen molar-refractivity contribution in [3.8, 4) is 0 Å². The minimum Gasteiger partial charge on any atom is -0.481 e. The summed E-state index contributed by atoms with van der Waals surface area (Å²) in [5, 5.41) is 15.2. The molecule has 3 N–H and O–H groups in total. The summed E-state index contributed by atoms with van der Waals surface area (Å²) in [7, 11) is -3.86. The zero-order chi connectivity index (χ0) is 11.6. The van der Waals surface area contributed by atoms with Crippen molar-refractivity contribution in [1.82, 2.24) is 0 Å². The van der Waals surface area contributed by atoms with E-state index in [0.29, 0.717) is 0 Å². The first-order chi connectivity index (χ1) is 6.11. The molecule has 0 aliphatic carbocycles. The molecule has 0 aliphatic rings. The van der Waals surface area contributed by atoms with Crippen LogP contribution in [0.15, 0.2) is 0 Å². The SMILES string of the molecule is CC(CCC(=O)O)(C(=O)O)P(C)(=O)O. The summed E-state index contributed by atoms with van der Waals surface area (Å²) in [6, 6.07) is 0. The van der Waals surface area contributed by atoms with Crippen molar-refractivity contribution in [3.63, 3.8) is 0 Å². The second-order valence-corrected chi connectivity index (χ2v) is 6.10. The largest absolute Gasteiger partial charge is 0.481 e. The molecule has 0 heterocycles. The van der Waals surface area contributed by atoms with Crippen molar-refractivity contribution in [3.05, 3.63) is 0 Å². The Hall–Kier alpha value is -0.870. The fraction of sp³-hybridized carbons (Fsp3) is 0.714. The van der Waals surface area contributed by atoms with E-state index >= 15 is 0 Å². The normalized spacial score (nSPS) is 19.4. The molecule has 7 heteroatoms. The lowest BCUT2D eigenvalue weighted by atomic mass is 10.1. The van der Waals surface area contributed by atoms with Gasteiger partial charge in [-0.05, 0) is 13.3 Å². The number of aliphatic carboxylic acids is 2. The molecular weight excluding hydrogens is 211 g/mol. The number of hydrogen-bond donors (Lipinski definition) is 3. The van der Waals surface area contributed by atoms with Gasteiger partial charge in [0.2, 0.25) is 7.37 Å². The van der Waals surface area contributed by atoms with Crippen LogP contribution in [-0.2, 0) is 14.2 Å². The molecule has 0 aliphatic heterocycles. The average Bonchev–Trinajstić information content (AvgIpc) is 1.97. The van der Waals surface area contributed by atoms with Crippen molar-refractivity contribution in [2.45, 2.75) is 24.9 Å². The van der Waals surface area contributed by atoms with Gasteiger partial charge >= 0.3 is 11.9 Å². The molecule has 82 valence electrons. The number of carbonyl (C=O) groups is 2. The lowest BCUT2D eigenvalue weighted by molar-refractivity contribution is -0.141. The van der Waals surface area contributed by atoms with Crippen LogP contribution in [0.3, 0.4) is 0 Å². The molecule has 0 spiro atoms. The fourth-order valence-electron chi connectivity index (χ4n) is 0.842. The van der Waals surface area contributed by atoms with E-state index in [9.17, 15) is 19.0 Å². The molecule has 0 aromatic heterocycles. The predicted octanol–water partition coefficient (Wildman–Crippen LogP) is 0.595. The average molecular weight is 224 g/mol. The van der Waals surface area contributed by atoms with Crippen LogP contribution in [0.4, 0.5) is 0 Å². The summed E-state index contributed by atoms with van der Waals surface area (Å²) < 4.78 is 11.3. The number of carboxylic acid groups (broad SMARTS) is 2. The van der Waals surface area contributed by atoms with Crippen molar-refractivity contribution >= 4 is 19.3 Å². The van der Waals surface area contributed by atoms with Gasteiger partial charge in [-0.25, -0.2) is 0 Å². The van der Waals surface area contributed by atoms with Crippen LogP contribution >= 0.6 is 7.37 Å². The second kappa shape index (κ2) is 4.11. The fourth-order valence-corrected chi connectivity index (χ4v) is 1.72. The Bertz CT molecular complexity index is 293. The molecule has 0 aromatic carbocycles. The highest BCUT2D eigenvalue weighted by Gasteiger charge is 2.46. The van der Waals surface area contributed by atoms with E-state index in [2.05, 4.69) is 0 Å². The summed E-state index contributed by atoms with van der Waals surface area (Å²) in [6.07, 6.45) is -0.802. The zero-order valence-corrected chi connectivity index (χ0v) is 8.82. The van der Waals surface area contributed by atoms with E-state index in [4.69, 9.17) is 10.2 Å². The van der Waals surface area contributed by atoms with Gasteiger partial charge in [-0.3, -0.25) is 14.2 Å². The maximum absolute atomic E-state index is 11.3. The van der Waals surface area contributed by atoms with E-state index in [-0.39, 0.29) is 6.42 Å². The van der Waals surface area contributed by atoms with Gasteiger partial charge in [0.05, 0.1) is 0 Å². The quantitative estimate of drug-likeness (QED) is 0.589. The number of rotatable bonds is 5. The van der Waals surface area contributed by atoms with E-state index < -0.39 is 30.9 Å². The molecule has 0 saturated heterocycles. The minimum absolute atomic E-state index is 0.359. The summed E-state index contributed by atoms with van der Waals surface area (Å²) in [4.78, 5) is 30.2. The Labute approximate surface area is 81.0 Å². The maximum Gasteiger partial charge on any atom is 0.319 e. The van der Waals surface area contributed by atoms with E-state index in [1.807, 2.05) is 0 Å². The van der Waals surface area contributed by atoms with Gasteiger partial charge in [-0.2, -0.15) is 0 Å². The highest BCUT2D eigenvalue weighted by Crippen LogP contribution is 2.53. The van der Waals surface area contributed by atoms with Crippen LogP contribution in [0.1, 0.15) is 19.8 Å². The van der Waals surface area contributed by atoms with Gasteiger partial charge in [-0.15, -0.1) is 0 Å². The summed E-state index contributed by atoms with van der Waals surface area (Å²) in [6.45, 7) is 2.00. The lowest BCUT2D eigenvalue weighted by Gasteiger charge is -2.26. The molecule has 0 saturated carbocycles. The van der Waals surface area contributed by atoms with Crippen molar-refractivity contribution in [2.24, 2.45) is 0 Å². The highest BCUT2D eigenvalue weighted by molar-refractivity contribution is 7.60. The van der Waals surface area contributed by atoms with Gasteiger partial charge in [-0.1, -0.05) is 0 Å². The van der Waals surface area contributed by atoms with Crippen molar-refractivity contribution in [1.29, 1.82) is 0 Å². The van der Waals surface area contributed by atoms with Crippen LogP contribution in [0.5, 0.6) is 0 Å². The van der Waals surface area contributed by atoms with Gasteiger partial charge in [0.25, 0.3) is 0 Å². The topological polar surface area (TPSA) is 112 Å². The standard InChI is InChI=1S/C7H13O6P/c1-7(6(10)11,14(2,12)13)4-3-5(8)9/h3-4H2,1-2H3,(H,8,9)(H,10,11)(H,12,13). The van der Waals surface area contributed by atoms with E-state index in [1.54, 1.807) is 0 Å². The first kappa shape index (κ1) is 13.1. The minimum atomic E-state index is -3.86. The Morgan fingerprint density at radius 3 is 2.00 bits per heavy atom. The van der Waals surface area contributed by atoms with Crippen molar-refractivity contribution < 1.29 is 29.3 Å². The molecule has 2 unspecified atom stereocenters.